The minimum Gasteiger partial charge on any atom is -0.497 e. The number of imidazole rings is 1. The highest BCUT2D eigenvalue weighted by atomic mass is 16.5. The van der Waals surface area contributed by atoms with Crippen LogP contribution in [-0.4, -0.2) is 23.3 Å². The standard InChI is InChI=1S/C27H28N2O2/c1-20-8-6-9-21(2)27(20)31-19-7-18-29-25-11-5-4-10-24(25)28-26(29)17-14-22-12-15-23(30-3)16-13-22/h4-6,8-17H,7,18-19H2,1-3H3/b17-14+. The third-order valence-electron chi connectivity index (χ3n) is 5.41. The van der Waals surface area contributed by atoms with E-state index in [-0.39, 0.29) is 0 Å². The maximum absolute atomic E-state index is 6.11. The van der Waals surface area contributed by atoms with Gasteiger partial charge in [-0.25, -0.2) is 4.98 Å². The number of rotatable bonds is 8. The van der Waals surface area contributed by atoms with Gasteiger partial charge in [-0.1, -0.05) is 48.5 Å². The molecule has 4 heteroatoms. The zero-order valence-corrected chi connectivity index (χ0v) is 18.3. The van der Waals surface area contributed by atoms with Crippen molar-refractivity contribution in [3.63, 3.8) is 0 Å². The smallest absolute Gasteiger partial charge is 0.133 e. The number of aromatic nitrogens is 2. The Kier molecular flexibility index (Phi) is 6.37. The lowest BCUT2D eigenvalue weighted by Gasteiger charge is -2.13. The first kappa shape index (κ1) is 20.7. The summed E-state index contributed by atoms with van der Waals surface area (Å²) in [5.74, 6) is 2.80. The van der Waals surface area contributed by atoms with E-state index in [0.29, 0.717) is 6.61 Å². The molecule has 0 aliphatic heterocycles. The molecule has 0 spiro atoms. The first-order valence-corrected chi connectivity index (χ1v) is 10.6. The Labute approximate surface area is 183 Å². The van der Waals surface area contributed by atoms with Gasteiger partial charge in [-0.3, -0.25) is 0 Å². The van der Waals surface area contributed by atoms with Crippen molar-refractivity contribution in [2.45, 2.75) is 26.8 Å². The number of nitrogens with zero attached hydrogens (tertiary/aromatic N) is 2. The normalized spacial score (nSPS) is 11.3. The van der Waals surface area contributed by atoms with E-state index in [9.17, 15) is 0 Å². The summed E-state index contributed by atoms with van der Waals surface area (Å²) >= 11 is 0. The Morgan fingerprint density at radius 1 is 0.871 bits per heavy atom. The van der Waals surface area contributed by atoms with Crippen LogP contribution in [0.25, 0.3) is 23.2 Å². The first-order valence-electron chi connectivity index (χ1n) is 10.6. The average molecular weight is 413 g/mol. The predicted octanol–water partition coefficient (Wildman–Crippen LogP) is 6.30. The molecule has 158 valence electrons. The molecule has 3 aromatic carbocycles. The number of fused-ring (bicyclic) bond motifs is 1. The molecule has 0 atom stereocenters. The molecule has 4 nitrogen and oxygen atoms in total. The molecule has 0 amide bonds. The van der Waals surface area contributed by atoms with Crippen LogP contribution >= 0.6 is 0 Å². The summed E-state index contributed by atoms with van der Waals surface area (Å²) in [5, 5.41) is 0. The molecular formula is C27H28N2O2. The minimum atomic E-state index is 0.667. The van der Waals surface area contributed by atoms with Crippen molar-refractivity contribution in [2.24, 2.45) is 0 Å². The van der Waals surface area contributed by atoms with Crippen LogP contribution in [0.1, 0.15) is 28.9 Å². The van der Waals surface area contributed by atoms with Crippen molar-refractivity contribution in [2.75, 3.05) is 13.7 Å². The summed E-state index contributed by atoms with van der Waals surface area (Å²) in [6.07, 6.45) is 5.07. The zero-order chi connectivity index (χ0) is 21.6. The molecule has 0 saturated heterocycles. The maximum Gasteiger partial charge on any atom is 0.133 e. The maximum atomic E-state index is 6.11. The topological polar surface area (TPSA) is 36.3 Å². The van der Waals surface area contributed by atoms with Crippen molar-refractivity contribution < 1.29 is 9.47 Å². The van der Waals surface area contributed by atoms with E-state index in [1.54, 1.807) is 7.11 Å². The van der Waals surface area contributed by atoms with Crippen molar-refractivity contribution in [3.8, 4) is 11.5 Å². The van der Waals surface area contributed by atoms with Crippen LogP contribution in [0.4, 0.5) is 0 Å². The lowest BCUT2D eigenvalue weighted by Crippen LogP contribution is -2.07. The summed E-state index contributed by atoms with van der Waals surface area (Å²) < 4.78 is 13.6. The molecule has 0 unspecified atom stereocenters. The van der Waals surface area contributed by atoms with Gasteiger partial charge in [0, 0.05) is 6.54 Å². The van der Waals surface area contributed by atoms with Crippen molar-refractivity contribution in [1.82, 2.24) is 9.55 Å². The van der Waals surface area contributed by atoms with E-state index >= 15 is 0 Å². The van der Waals surface area contributed by atoms with Gasteiger partial charge in [0.1, 0.15) is 17.3 Å². The van der Waals surface area contributed by atoms with Crippen molar-refractivity contribution in [1.29, 1.82) is 0 Å². The van der Waals surface area contributed by atoms with Crippen molar-refractivity contribution >= 4 is 23.2 Å². The number of para-hydroxylation sites is 3. The highest BCUT2D eigenvalue weighted by Gasteiger charge is 2.09. The average Bonchev–Trinajstić information content (AvgIpc) is 3.14. The fourth-order valence-electron chi connectivity index (χ4n) is 3.77. The highest BCUT2D eigenvalue weighted by molar-refractivity contribution is 5.79. The van der Waals surface area contributed by atoms with Gasteiger partial charge in [0.15, 0.2) is 0 Å². The number of aryl methyl sites for hydroxylation is 3. The first-order chi connectivity index (χ1) is 15.2. The van der Waals surface area contributed by atoms with Crippen molar-refractivity contribution in [3.05, 3.63) is 89.2 Å². The second-order valence-electron chi connectivity index (χ2n) is 7.64. The fraction of sp³-hybridized carbons (Fsp3) is 0.222. The highest BCUT2D eigenvalue weighted by Crippen LogP contribution is 2.23. The molecule has 0 bridgehead atoms. The van der Waals surface area contributed by atoms with Crippen LogP contribution in [0.3, 0.4) is 0 Å². The van der Waals surface area contributed by atoms with Gasteiger partial charge in [0.2, 0.25) is 0 Å². The van der Waals surface area contributed by atoms with Gasteiger partial charge in [0.25, 0.3) is 0 Å². The van der Waals surface area contributed by atoms with E-state index in [1.807, 2.05) is 30.3 Å². The molecule has 0 radical (unpaired) electrons. The van der Waals surface area contributed by atoms with Crippen LogP contribution in [0.15, 0.2) is 66.7 Å². The van der Waals surface area contributed by atoms with E-state index in [4.69, 9.17) is 14.5 Å². The van der Waals surface area contributed by atoms with Gasteiger partial charge in [-0.05, 0) is 67.3 Å². The van der Waals surface area contributed by atoms with Gasteiger partial charge >= 0.3 is 0 Å². The fourth-order valence-corrected chi connectivity index (χ4v) is 3.77. The zero-order valence-electron chi connectivity index (χ0n) is 18.3. The monoisotopic (exact) mass is 412 g/mol. The molecule has 1 heterocycles. The Hall–Kier alpha value is -3.53. The summed E-state index contributed by atoms with van der Waals surface area (Å²) in [6.45, 7) is 5.69. The number of benzene rings is 3. The van der Waals surface area contributed by atoms with Crippen LogP contribution < -0.4 is 9.47 Å². The molecule has 4 rings (SSSR count). The Morgan fingerprint density at radius 3 is 2.35 bits per heavy atom. The summed E-state index contributed by atoms with van der Waals surface area (Å²) in [4.78, 5) is 4.84. The lowest BCUT2D eigenvalue weighted by molar-refractivity contribution is 0.298. The predicted molar refractivity (Wildman–Crippen MR) is 128 cm³/mol. The Bertz CT molecular complexity index is 1170. The third kappa shape index (κ3) is 4.80. The minimum absolute atomic E-state index is 0.667. The molecule has 0 saturated carbocycles. The third-order valence-corrected chi connectivity index (χ3v) is 5.41. The van der Waals surface area contributed by atoms with E-state index in [0.717, 1.165) is 46.9 Å². The lowest BCUT2D eigenvalue weighted by atomic mass is 10.1. The summed E-state index contributed by atoms with van der Waals surface area (Å²) in [7, 11) is 1.68. The van der Waals surface area contributed by atoms with Gasteiger partial charge in [0.05, 0.1) is 24.8 Å². The summed E-state index contributed by atoms with van der Waals surface area (Å²) in [6, 6.07) is 22.5. The van der Waals surface area contributed by atoms with Gasteiger partial charge in [-0.15, -0.1) is 0 Å². The van der Waals surface area contributed by atoms with E-state index in [1.165, 1.54) is 11.1 Å². The molecule has 31 heavy (non-hydrogen) atoms. The number of hydrogen-bond acceptors (Lipinski definition) is 3. The second kappa shape index (κ2) is 9.52. The largest absolute Gasteiger partial charge is 0.497 e. The van der Waals surface area contributed by atoms with Crippen LogP contribution in [0.5, 0.6) is 11.5 Å². The molecule has 1 aromatic heterocycles. The van der Waals surface area contributed by atoms with Gasteiger partial charge < -0.3 is 14.0 Å². The molecule has 0 aliphatic rings. The quantitative estimate of drug-likeness (QED) is 0.319. The van der Waals surface area contributed by atoms with Crippen LogP contribution in [0, 0.1) is 13.8 Å². The second-order valence-corrected chi connectivity index (χ2v) is 7.64. The molecule has 4 aromatic rings. The number of ether oxygens (including phenoxy) is 2. The van der Waals surface area contributed by atoms with Gasteiger partial charge in [-0.2, -0.15) is 0 Å². The SMILES string of the molecule is COc1ccc(/C=C/c2nc3ccccc3n2CCCOc2c(C)cccc2C)cc1. The molecule has 0 fully saturated rings. The Morgan fingerprint density at radius 2 is 1.61 bits per heavy atom. The number of hydrogen-bond donors (Lipinski definition) is 0. The molecular weight excluding hydrogens is 384 g/mol. The molecule has 0 N–H and O–H groups in total. The number of methoxy groups -OCH3 is 1. The molecule has 0 aliphatic carbocycles. The summed E-state index contributed by atoms with van der Waals surface area (Å²) in [5.41, 5.74) is 5.61. The van der Waals surface area contributed by atoms with E-state index < -0.39 is 0 Å². The van der Waals surface area contributed by atoms with Crippen LogP contribution in [0.2, 0.25) is 0 Å². The van der Waals surface area contributed by atoms with Crippen LogP contribution in [-0.2, 0) is 6.54 Å². The van der Waals surface area contributed by atoms with E-state index in [2.05, 4.69) is 67.0 Å². The Balaban J connectivity index is 1.50.